The molecule has 2 amide bonds. The van der Waals surface area contributed by atoms with Crippen molar-refractivity contribution in [3.05, 3.63) is 0 Å². The SMILES string of the molecule is COC(=O)[C@H]1C[C@H](N2C(=O)CCC2=O)CN1. The molecule has 0 aliphatic carbocycles. The summed E-state index contributed by atoms with van der Waals surface area (Å²) in [5.74, 6) is -0.619. The van der Waals surface area contributed by atoms with E-state index in [9.17, 15) is 14.4 Å². The van der Waals surface area contributed by atoms with Gasteiger partial charge in [-0.25, -0.2) is 0 Å². The number of imide groups is 1. The van der Waals surface area contributed by atoms with Crippen molar-refractivity contribution < 1.29 is 19.1 Å². The Kier molecular flexibility index (Phi) is 2.91. The number of carbonyl (C=O) groups excluding carboxylic acids is 3. The summed E-state index contributed by atoms with van der Waals surface area (Å²) in [6.45, 7) is 0.469. The van der Waals surface area contributed by atoms with E-state index in [0.29, 0.717) is 13.0 Å². The zero-order valence-corrected chi connectivity index (χ0v) is 9.06. The molecule has 0 spiro atoms. The fourth-order valence-corrected chi connectivity index (χ4v) is 2.24. The van der Waals surface area contributed by atoms with Crippen LogP contribution in [-0.2, 0) is 19.1 Å². The Morgan fingerprint density at radius 2 is 2.00 bits per heavy atom. The van der Waals surface area contributed by atoms with Crippen molar-refractivity contribution in [2.45, 2.75) is 31.3 Å². The second kappa shape index (κ2) is 4.21. The van der Waals surface area contributed by atoms with E-state index in [2.05, 4.69) is 10.1 Å². The molecule has 0 radical (unpaired) electrons. The standard InChI is InChI=1S/C10H14N2O4/c1-16-10(15)7-4-6(5-11-7)12-8(13)2-3-9(12)14/h6-7,11H,2-5H2,1H3/t6-,7+/m0/s1. The molecule has 88 valence electrons. The van der Waals surface area contributed by atoms with Crippen LogP contribution in [0.5, 0.6) is 0 Å². The zero-order valence-electron chi connectivity index (χ0n) is 9.06. The van der Waals surface area contributed by atoms with Gasteiger partial charge in [-0.3, -0.25) is 19.3 Å². The molecule has 0 aromatic carbocycles. The van der Waals surface area contributed by atoms with Crippen LogP contribution in [0.2, 0.25) is 0 Å². The summed E-state index contributed by atoms with van der Waals surface area (Å²) in [4.78, 5) is 35.5. The predicted molar refractivity (Wildman–Crippen MR) is 53.3 cm³/mol. The van der Waals surface area contributed by atoms with Crippen LogP contribution in [-0.4, -0.2) is 48.4 Å². The number of likely N-dealkylation sites (tertiary alicyclic amines) is 1. The molecule has 0 aromatic heterocycles. The maximum absolute atomic E-state index is 11.5. The average molecular weight is 226 g/mol. The number of nitrogens with one attached hydrogen (secondary N) is 1. The Labute approximate surface area is 92.9 Å². The summed E-state index contributed by atoms with van der Waals surface area (Å²) in [7, 11) is 1.32. The van der Waals surface area contributed by atoms with Gasteiger partial charge in [0.15, 0.2) is 0 Å². The minimum absolute atomic E-state index is 0.137. The summed E-state index contributed by atoms with van der Waals surface area (Å²) < 4.78 is 4.61. The molecule has 0 bridgehead atoms. The topological polar surface area (TPSA) is 75.7 Å². The first-order chi connectivity index (χ1) is 7.63. The third-order valence-electron chi connectivity index (χ3n) is 3.05. The van der Waals surface area contributed by atoms with Gasteiger partial charge in [0.25, 0.3) is 0 Å². The van der Waals surface area contributed by atoms with Crippen molar-refractivity contribution in [3.8, 4) is 0 Å². The number of hydrogen-bond donors (Lipinski definition) is 1. The minimum Gasteiger partial charge on any atom is -0.468 e. The number of esters is 1. The highest BCUT2D eigenvalue weighted by Crippen LogP contribution is 2.21. The highest BCUT2D eigenvalue weighted by Gasteiger charge is 2.40. The van der Waals surface area contributed by atoms with E-state index < -0.39 is 6.04 Å². The van der Waals surface area contributed by atoms with Gasteiger partial charge in [0.2, 0.25) is 11.8 Å². The summed E-state index contributed by atoms with van der Waals surface area (Å²) in [6.07, 6.45) is 1.03. The second-order valence-electron chi connectivity index (χ2n) is 4.03. The van der Waals surface area contributed by atoms with Gasteiger partial charge in [0.1, 0.15) is 6.04 Å². The van der Waals surface area contributed by atoms with E-state index in [-0.39, 0.29) is 36.7 Å². The Morgan fingerprint density at radius 1 is 1.38 bits per heavy atom. The van der Waals surface area contributed by atoms with Gasteiger partial charge in [0.05, 0.1) is 13.2 Å². The fourth-order valence-electron chi connectivity index (χ4n) is 2.24. The Bertz CT molecular complexity index is 326. The van der Waals surface area contributed by atoms with Crippen LogP contribution in [0.4, 0.5) is 0 Å². The summed E-state index contributed by atoms with van der Waals surface area (Å²) in [5.41, 5.74) is 0. The monoisotopic (exact) mass is 226 g/mol. The lowest BCUT2D eigenvalue weighted by molar-refractivity contribution is -0.144. The molecule has 0 unspecified atom stereocenters. The number of rotatable bonds is 2. The number of nitrogens with zero attached hydrogens (tertiary/aromatic N) is 1. The molecule has 16 heavy (non-hydrogen) atoms. The molecule has 6 heteroatoms. The summed E-state index contributed by atoms with van der Waals surface area (Å²) in [6, 6.07) is -0.609. The van der Waals surface area contributed by atoms with E-state index in [1.54, 1.807) is 0 Å². The lowest BCUT2D eigenvalue weighted by Gasteiger charge is -2.20. The molecule has 2 atom stereocenters. The van der Waals surface area contributed by atoms with Gasteiger partial charge in [-0.05, 0) is 6.42 Å². The van der Waals surface area contributed by atoms with Crippen LogP contribution < -0.4 is 5.32 Å². The maximum atomic E-state index is 11.5. The van der Waals surface area contributed by atoms with E-state index in [4.69, 9.17) is 0 Å². The number of hydrogen-bond acceptors (Lipinski definition) is 5. The number of carbonyl (C=O) groups is 3. The van der Waals surface area contributed by atoms with Gasteiger partial charge in [-0.15, -0.1) is 0 Å². The van der Waals surface area contributed by atoms with Crippen molar-refractivity contribution in [1.29, 1.82) is 0 Å². The molecule has 1 N–H and O–H groups in total. The maximum Gasteiger partial charge on any atom is 0.322 e. The largest absolute Gasteiger partial charge is 0.468 e. The van der Waals surface area contributed by atoms with Gasteiger partial charge < -0.3 is 10.1 Å². The van der Waals surface area contributed by atoms with Crippen LogP contribution >= 0.6 is 0 Å². The highest BCUT2D eigenvalue weighted by molar-refractivity contribution is 6.02. The first-order valence-electron chi connectivity index (χ1n) is 5.29. The Balaban J connectivity index is 2.00. The normalized spacial score (nSPS) is 29.9. The second-order valence-corrected chi connectivity index (χ2v) is 4.03. The van der Waals surface area contributed by atoms with E-state index in [0.717, 1.165) is 0 Å². The van der Waals surface area contributed by atoms with E-state index >= 15 is 0 Å². The molecule has 2 fully saturated rings. The predicted octanol–water partition coefficient (Wildman–Crippen LogP) is -0.961. The molecule has 0 saturated carbocycles. The zero-order chi connectivity index (χ0) is 11.7. The fraction of sp³-hybridized carbons (Fsp3) is 0.700. The molecule has 2 aliphatic rings. The van der Waals surface area contributed by atoms with Gasteiger partial charge >= 0.3 is 5.97 Å². The summed E-state index contributed by atoms with van der Waals surface area (Å²) >= 11 is 0. The molecule has 2 heterocycles. The van der Waals surface area contributed by atoms with Crippen LogP contribution in [0.1, 0.15) is 19.3 Å². The third-order valence-corrected chi connectivity index (χ3v) is 3.05. The quantitative estimate of drug-likeness (QED) is 0.485. The van der Waals surface area contributed by atoms with Crippen molar-refractivity contribution in [1.82, 2.24) is 10.2 Å². The third kappa shape index (κ3) is 1.80. The number of methoxy groups -OCH3 is 1. The molecule has 6 nitrogen and oxygen atoms in total. The van der Waals surface area contributed by atoms with Crippen LogP contribution in [0, 0.1) is 0 Å². The highest BCUT2D eigenvalue weighted by atomic mass is 16.5. The Morgan fingerprint density at radius 3 is 2.56 bits per heavy atom. The van der Waals surface area contributed by atoms with Crippen molar-refractivity contribution >= 4 is 17.8 Å². The van der Waals surface area contributed by atoms with Crippen LogP contribution in [0.25, 0.3) is 0 Å². The lowest BCUT2D eigenvalue weighted by atomic mass is 10.1. The first-order valence-corrected chi connectivity index (χ1v) is 5.29. The van der Waals surface area contributed by atoms with E-state index in [1.807, 2.05) is 0 Å². The molecule has 2 aliphatic heterocycles. The number of amides is 2. The number of ether oxygens (including phenoxy) is 1. The molecule has 2 saturated heterocycles. The van der Waals surface area contributed by atoms with Gasteiger partial charge in [-0.2, -0.15) is 0 Å². The van der Waals surface area contributed by atoms with Crippen molar-refractivity contribution in [2.24, 2.45) is 0 Å². The van der Waals surface area contributed by atoms with Gasteiger partial charge in [0, 0.05) is 19.4 Å². The smallest absolute Gasteiger partial charge is 0.322 e. The molecule has 2 rings (SSSR count). The molecular weight excluding hydrogens is 212 g/mol. The Hall–Kier alpha value is -1.43. The van der Waals surface area contributed by atoms with Crippen molar-refractivity contribution in [2.75, 3.05) is 13.7 Å². The van der Waals surface area contributed by atoms with E-state index in [1.165, 1.54) is 12.0 Å². The van der Waals surface area contributed by atoms with Gasteiger partial charge in [-0.1, -0.05) is 0 Å². The van der Waals surface area contributed by atoms with Crippen LogP contribution in [0.15, 0.2) is 0 Å². The molecule has 0 aromatic rings. The van der Waals surface area contributed by atoms with Crippen molar-refractivity contribution in [3.63, 3.8) is 0 Å². The summed E-state index contributed by atoms with van der Waals surface area (Å²) in [5, 5.41) is 2.95. The first kappa shape index (κ1) is 11.1. The molecular formula is C10H14N2O4. The minimum atomic E-state index is -0.406. The average Bonchev–Trinajstić information content (AvgIpc) is 2.85. The van der Waals surface area contributed by atoms with Crippen LogP contribution in [0.3, 0.4) is 0 Å². The lowest BCUT2D eigenvalue weighted by Crippen LogP contribution is -2.40.